The van der Waals surface area contributed by atoms with E-state index in [0.29, 0.717) is 12.0 Å². The van der Waals surface area contributed by atoms with Gasteiger partial charge >= 0.3 is 11.8 Å². The lowest BCUT2D eigenvalue weighted by molar-refractivity contribution is -0.385. The van der Waals surface area contributed by atoms with Gasteiger partial charge in [-0.2, -0.15) is 0 Å². The number of nitro benzene ring substituents is 1. The molecule has 1 atom stereocenters. The van der Waals surface area contributed by atoms with Crippen LogP contribution in [-0.4, -0.2) is 38.2 Å². The number of phenolic OH excluding ortho intramolecular Hbond substituents is 1. The third-order valence-electron chi connectivity index (χ3n) is 5.04. The average molecular weight is 334 g/mol. The fourth-order valence-electron chi connectivity index (χ4n) is 3.00. The maximum absolute atomic E-state index is 11.6. The summed E-state index contributed by atoms with van der Waals surface area (Å²) in [5, 5.41) is 30.2. The van der Waals surface area contributed by atoms with Crippen LogP contribution >= 0.6 is 0 Å². The fourth-order valence-corrected chi connectivity index (χ4v) is 3.00. The smallest absolute Gasteiger partial charge is 0.408 e. The Hall–Kier alpha value is -2.57. The van der Waals surface area contributed by atoms with Crippen LogP contribution in [0, 0.1) is 15.5 Å². The predicted molar refractivity (Wildman–Crippen MR) is 89.9 cm³/mol. The number of nitrogens with zero attached hydrogens (tertiary/aromatic N) is 2. The van der Waals surface area contributed by atoms with Crippen LogP contribution in [0.25, 0.3) is 5.57 Å². The van der Waals surface area contributed by atoms with Gasteiger partial charge in [-0.3, -0.25) is 15.0 Å². The highest BCUT2D eigenvalue weighted by atomic mass is 16.6. The summed E-state index contributed by atoms with van der Waals surface area (Å²) in [7, 11) is 0. The van der Waals surface area contributed by atoms with Crippen molar-refractivity contribution in [1.29, 1.82) is 0 Å². The molecule has 0 bridgehead atoms. The first-order valence-electron chi connectivity index (χ1n) is 7.65. The van der Waals surface area contributed by atoms with Crippen LogP contribution in [0.15, 0.2) is 24.3 Å². The number of carbonyl (C=O) groups is 1. The van der Waals surface area contributed by atoms with Crippen LogP contribution in [0.1, 0.15) is 39.7 Å². The van der Waals surface area contributed by atoms with Crippen molar-refractivity contribution < 1.29 is 19.9 Å². The van der Waals surface area contributed by atoms with Crippen molar-refractivity contribution in [2.75, 3.05) is 6.54 Å². The largest absolute Gasteiger partial charge is 0.502 e. The van der Waals surface area contributed by atoms with E-state index in [0.717, 1.165) is 5.57 Å². The van der Waals surface area contributed by atoms with Crippen LogP contribution in [0.5, 0.6) is 5.75 Å². The van der Waals surface area contributed by atoms with Gasteiger partial charge in [-0.25, -0.2) is 4.79 Å². The second kappa shape index (κ2) is 5.81. The minimum absolute atomic E-state index is 0.232. The average Bonchev–Trinajstić information content (AvgIpc) is 2.45. The lowest BCUT2D eigenvalue weighted by Crippen LogP contribution is -2.58. The molecule has 2 rings (SSSR count). The van der Waals surface area contributed by atoms with Crippen molar-refractivity contribution in [1.82, 2.24) is 4.90 Å². The van der Waals surface area contributed by atoms with Crippen LogP contribution in [0.2, 0.25) is 0 Å². The van der Waals surface area contributed by atoms with E-state index in [1.165, 1.54) is 17.0 Å². The minimum Gasteiger partial charge on any atom is -0.502 e. The zero-order chi connectivity index (χ0) is 18.3. The highest BCUT2D eigenvalue weighted by molar-refractivity contribution is 5.74. The Bertz CT molecular complexity index is 720. The van der Waals surface area contributed by atoms with Gasteiger partial charge in [0.05, 0.1) is 10.5 Å². The van der Waals surface area contributed by atoms with E-state index in [1.54, 1.807) is 12.1 Å². The number of benzene rings is 1. The van der Waals surface area contributed by atoms with Crippen molar-refractivity contribution >= 4 is 17.4 Å². The summed E-state index contributed by atoms with van der Waals surface area (Å²) in [6.45, 7) is 8.09. The normalized spacial score (nSPS) is 21.3. The summed E-state index contributed by atoms with van der Waals surface area (Å²) in [6.07, 6.45) is 1.27. The van der Waals surface area contributed by atoms with Gasteiger partial charge in [0.25, 0.3) is 0 Å². The van der Waals surface area contributed by atoms with Gasteiger partial charge in [-0.1, -0.05) is 26.8 Å². The Kier molecular flexibility index (Phi) is 4.31. The number of aromatic hydroxyl groups is 1. The van der Waals surface area contributed by atoms with Crippen molar-refractivity contribution in [2.45, 2.75) is 39.7 Å². The van der Waals surface area contributed by atoms with Gasteiger partial charge in [0.2, 0.25) is 0 Å². The Morgan fingerprint density at radius 2 is 2.00 bits per heavy atom. The summed E-state index contributed by atoms with van der Waals surface area (Å²) in [4.78, 5) is 23.2. The highest BCUT2D eigenvalue weighted by Crippen LogP contribution is 2.45. The van der Waals surface area contributed by atoms with E-state index in [1.807, 2.05) is 27.7 Å². The molecule has 1 amide bonds. The van der Waals surface area contributed by atoms with Gasteiger partial charge < -0.3 is 10.2 Å². The van der Waals surface area contributed by atoms with Crippen LogP contribution in [0.3, 0.4) is 0 Å². The summed E-state index contributed by atoms with van der Waals surface area (Å²) < 4.78 is 0. The Morgan fingerprint density at radius 1 is 1.38 bits per heavy atom. The van der Waals surface area contributed by atoms with Gasteiger partial charge in [-0.15, -0.1) is 0 Å². The number of phenols is 1. The van der Waals surface area contributed by atoms with Crippen LogP contribution < -0.4 is 0 Å². The first-order valence-corrected chi connectivity index (χ1v) is 7.65. The van der Waals surface area contributed by atoms with Crippen LogP contribution in [-0.2, 0) is 0 Å². The molecule has 1 heterocycles. The SMILES string of the molecule is CC(C)(C)[C@@]1(C)CC(c2ccc([N+](=O)[O-])c(O)c2)=CCN1C(=O)O. The first kappa shape index (κ1) is 17.8. The molecule has 1 aromatic carbocycles. The molecule has 7 nitrogen and oxygen atoms in total. The molecule has 0 aliphatic carbocycles. The molecule has 1 aliphatic rings. The molecular formula is C17H22N2O5. The molecule has 7 heteroatoms. The Labute approximate surface area is 140 Å². The first-order chi connectivity index (χ1) is 11.0. The highest BCUT2D eigenvalue weighted by Gasteiger charge is 2.47. The molecular weight excluding hydrogens is 312 g/mol. The minimum atomic E-state index is -0.978. The third-order valence-corrected chi connectivity index (χ3v) is 5.04. The molecule has 1 aliphatic heterocycles. The van der Waals surface area contributed by atoms with Crippen molar-refractivity contribution in [2.24, 2.45) is 5.41 Å². The molecule has 0 unspecified atom stereocenters. The molecule has 0 saturated heterocycles. The van der Waals surface area contributed by atoms with E-state index in [9.17, 15) is 25.1 Å². The summed E-state index contributed by atoms with van der Waals surface area (Å²) in [6, 6.07) is 4.22. The Balaban J connectivity index is 2.45. The van der Waals surface area contributed by atoms with Gasteiger partial charge in [-0.05, 0) is 42.0 Å². The number of rotatable bonds is 2. The summed E-state index contributed by atoms with van der Waals surface area (Å²) in [5.74, 6) is -0.392. The van der Waals surface area contributed by atoms with Gasteiger partial charge in [0, 0.05) is 12.6 Å². The zero-order valence-electron chi connectivity index (χ0n) is 14.2. The maximum Gasteiger partial charge on any atom is 0.408 e. The molecule has 130 valence electrons. The number of hydrogen-bond acceptors (Lipinski definition) is 4. The lowest BCUT2D eigenvalue weighted by Gasteiger charge is -2.51. The second-order valence-electron chi connectivity index (χ2n) is 7.28. The summed E-state index contributed by atoms with van der Waals surface area (Å²) >= 11 is 0. The zero-order valence-corrected chi connectivity index (χ0v) is 14.2. The van der Waals surface area contributed by atoms with E-state index < -0.39 is 22.3 Å². The van der Waals surface area contributed by atoms with Crippen molar-refractivity contribution in [3.05, 3.63) is 40.0 Å². The quantitative estimate of drug-likeness (QED) is 0.631. The van der Waals surface area contributed by atoms with Gasteiger partial charge in [0.1, 0.15) is 0 Å². The molecule has 1 aromatic rings. The van der Waals surface area contributed by atoms with Gasteiger partial charge in [0.15, 0.2) is 5.75 Å². The standard InChI is InChI=1S/C17H22N2O5/c1-16(2,3)17(4)10-12(7-8-18(17)15(21)22)11-5-6-13(19(23)24)14(20)9-11/h5-7,9,20H,8,10H2,1-4H3,(H,21,22)/t17-/m1/s1. The predicted octanol–water partition coefficient (Wildman–Crippen LogP) is 3.87. The number of hydrogen-bond donors (Lipinski definition) is 2. The molecule has 2 N–H and O–H groups in total. The van der Waals surface area contributed by atoms with E-state index in [-0.39, 0.29) is 17.6 Å². The molecule has 0 saturated carbocycles. The van der Waals surface area contributed by atoms with E-state index in [4.69, 9.17) is 0 Å². The number of nitro groups is 1. The number of carboxylic acid groups (broad SMARTS) is 1. The molecule has 24 heavy (non-hydrogen) atoms. The lowest BCUT2D eigenvalue weighted by atomic mass is 9.68. The number of amides is 1. The topological polar surface area (TPSA) is 104 Å². The van der Waals surface area contributed by atoms with Crippen LogP contribution in [0.4, 0.5) is 10.5 Å². The molecule has 0 radical (unpaired) electrons. The van der Waals surface area contributed by atoms with E-state index in [2.05, 4.69) is 0 Å². The summed E-state index contributed by atoms with van der Waals surface area (Å²) in [5.41, 5.74) is 0.239. The van der Waals surface area contributed by atoms with Crippen molar-refractivity contribution in [3.8, 4) is 5.75 Å². The monoisotopic (exact) mass is 334 g/mol. The maximum atomic E-state index is 11.6. The third kappa shape index (κ3) is 2.93. The molecule has 0 fully saturated rings. The molecule has 0 spiro atoms. The van der Waals surface area contributed by atoms with E-state index >= 15 is 0 Å². The second-order valence-corrected chi connectivity index (χ2v) is 7.28. The van der Waals surface area contributed by atoms with Crippen molar-refractivity contribution in [3.63, 3.8) is 0 Å². The Morgan fingerprint density at radius 3 is 2.46 bits per heavy atom. The molecule has 0 aromatic heterocycles. The fraction of sp³-hybridized carbons (Fsp3) is 0.471.